The number of nitrogens with one attached hydrogen (secondary N) is 1. The molecule has 1 atom stereocenters. The van der Waals surface area contributed by atoms with E-state index in [0.717, 1.165) is 46.2 Å². The van der Waals surface area contributed by atoms with Gasteiger partial charge in [-0.1, -0.05) is 16.8 Å². The first-order valence-corrected chi connectivity index (χ1v) is 9.23. The van der Waals surface area contributed by atoms with E-state index in [4.69, 9.17) is 14.0 Å². The maximum Gasteiger partial charge on any atom is 0.335 e. The van der Waals surface area contributed by atoms with Gasteiger partial charge in [-0.2, -0.15) is 9.94 Å². The first-order valence-electron chi connectivity index (χ1n) is 9.23. The van der Waals surface area contributed by atoms with Gasteiger partial charge in [-0.3, -0.25) is 0 Å². The highest BCUT2D eigenvalue weighted by atomic mass is 16.7. The van der Waals surface area contributed by atoms with E-state index in [-0.39, 0.29) is 4.65 Å². The molecule has 142 valence electrons. The molecule has 1 N–H and O–H groups in total. The van der Waals surface area contributed by atoms with Crippen molar-refractivity contribution in [2.24, 2.45) is 0 Å². The van der Waals surface area contributed by atoms with E-state index in [1.807, 2.05) is 18.3 Å². The number of rotatable bonds is 5. The molecule has 2 aliphatic heterocycles. The Morgan fingerprint density at radius 2 is 2.25 bits per heavy atom. The van der Waals surface area contributed by atoms with Gasteiger partial charge in [-0.25, -0.2) is 0 Å². The van der Waals surface area contributed by atoms with Gasteiger partial charge in [-0.15, -0.1) is 5.10 Å². The molecule has 0 bridgehead atoms. The number of hydroxylamine groups is 3. The summed E-state index contributed by atoms with van der Waals surface area (Å²) in [6.45, 7) is 0.521. The van der Waals surface area contributed by atoms with Crippen molar-refractivity contribution in [1.29, 1.82) is 0 Å². The lowest BCUT2D eigenvalue weighted by molar-refractivity contribution is -0.962. The molecule has 7 heteroatoms. The van der Waals surface area contributed by atoms with Crippen molar-refractivity contribution in [3.63, 3.8) is 0 Å². The van der Waals surface area contributed by atoms with Gasteiger partial charge in [0.1, 0.15) is 5.76 Å². The van der Waals surface area contributed by atoms with E-state index in [2.05, 4.69) is 33.7 Å². The number of furan rings is 1. The standard InChI is InChI=1S/C21H21N4O3/c1-26-18-10-14-6-3-4-8-17(14)20-19-15(13-25(18,20)27-2)11-23-24-21(19)22-12-16-7-5-9-28-16/h4-5,7-11,13H,3,6,12H2,1-2H3,(H,22,24)/q+1. The van der Waals surface area contributed by atoms with Crippen LogP contribution in [0, 0.1) is 0 Å². The fourth-order valence-corrected chi connectivity index (χ4v) is 4.10. The zero-order chi connectivity index (χ0) is 19.1. The first kappa shape index (κ1) is 17.0. The number of aromatic nitrogens is 2. The van der Waals surface area contributed by atoms with Gasteiger partial charge in [0.25, 0.3) is 0 Å². The third kappa shape index (κ3) is 2.37. The highest BCUT2D eigenvalue weighted by Crippen LogP contribution is 2.43. The van der Waals surface area contributed by atoms with Crippen molar-refractivity contribution in [1.82, 2.24) is 10.2 Å². The molecule has 0 fully saturated rings. The molecule has 28 heavy (non-hydrogen) atoms. The van der Waals surface area contributed by atoms with Crippen LogP contribution in [0.2, 0.25) is 0 Å². The molecule has 0 saturated carbocycles. The molecule has 0 spiro atoms. The summed E-state index contributed by atoms with van der Waals surface area (Å²) in [5, 5.41) is 13.9. The monoisotopic (exact) mass is 377 g/mol. The summed E-state index contributed by atoms with van der Waals surface area (Å²) < 4.78 is 11.3. The van der Waals surface area contributed by atoms with E-state index < -0.39 is 0 Å². The number of allylic oxidation sites excluding steroid dienone is 3. The zero-order valence-corrected chi connectivity index (χ0v) is 15.8. The molecule has 0 saturated heterocycles. The summed E-state index contributed by atoms with van der Waals surface area (Å²) in [6, 6.07) is 3.80. The molecule has 0 radical (unpaired) electrons. The van der Waals surface area contributed by atoms with Gasteiger partial charge in [0.05, 0.1) is 43.7 Å². The normalized spacial score (nSPS) is 22.2. The van der Waals surface area contributed by atoms with Gasteiger partial charge < -0.3 is 14.5 Å². The largest absolute Gasteiger partial charge is 0.467 e. The second-order valence-corrected chi connectivity index (χ2v) is 6.84. The number of ether oxygens (including phenoxy) is 1. The average molecular weight is 377 g/mol. The third-order valence-corrected chi connectivity index (χ3v) is 5.37. The predicted molar refractivity (Wildman–Crippen MR) is 103 cm³/mol. The average Bonchev–Trinajstić information content (AvgIpc) is 3.37. The van der Waals surface area contributed by atoms with Crippen molar-refractivity contribution in [2.75, 3.05) is 19.5 Å². The smallest absolute Gasteiger partial charge is 0.335 e. The molecule has 2 aromatic rings. The maximum absolute atomic E-state index is 6.02. The van der Waals surface area contributed by atoms with Crippen molar-refractivity contribution in [2.45, 2.75) is 19.4 Å². The lowest BCUT2D eigenvalue weighted by Gasteiger charge is -2.34. The Kier molecular flexibility index (Phi) is 3.92. The van der Waals surface area contributed by atoms with Crippen LogP contribution in [-0.2, 0) is 16.1 Å². The predicted octanol–water partition coefficient (Wildman–Crippen LogP) is 2.07. The number of hydrogen-bond acceptors (Lipinski definition) is 6. The van der Waals surface area contributed by atoms with E-state index in [1.54, 1.807) is 26.7 Å². The highest BCUT2D eigenvalue weighted by Gasteiger charge is 2.49. The van der Waals surface area contributed by atoms with Gasteiger partial charge in [0.2, 0.25) is 0 Å². The Morgan fingerprint density at radius 1 is 1.32 bits per heavy atom. The number of quaternary nitrogens is 1. The van der Waals surface area contributed by atoms with Crippen molar-refractivity contribution in [3.8, 4) is 0 Å². The van der Waals surface area contributed by atoms with E-state index in [1.165, 1.54) is 5.57 Å². The molecule has 4 heterocycles. The fourth-order valence-electron chi connectivity index (χ4n) is 4.10. The van der Waals surface area contributed by atoms with Crippen LogP contribution in [-0.4, -0.2) is 29.1 Å². The van der Waals surface area contributed by atoms with Gasteiger partial charge in [0, 0.05) is 11.6 Å². The van der Waals surface area contributed by atoms with Gasteiger partial charge in [-0.05, 0) is 30.5 Å². The summed E-state index contributed by atoms with van der Waals surface area (Å²) in [6.07, 6.45) is 13.9. The quantitative estimate of drug-likeness (QED) is 0.805. The Morgan fingerprint density at radius 3 is 3.04 bits per heavy atom. The molecular formula is C21H21N4O3+. The van der Waals surface area contributed by atoms with Crippen LogP contribution in [0.15, 0.2) is 64.3 Å². The zero-order valence-electron chi connectivity index (χ0n) is 15.8. The second-order valence-electron chi connectivity index (χ2n) is 6.84. The minimum absolute atomic E-state index is 0.0534. The highest BCUT2D eigenvalue weighted by molar-refractivity contribution is 5.74. The Balaban J connectivity index is 1.75. The topological polar surface area (TPSA) is 69.4 Å². The van der Waals surface area contributed by atoms with E-state index in [0.29, 0.717) is 12.4 Å². The molecule has 3 aliphatic rings. The maximum atomic E-state index is 6.02. The minimum Gasteiger partial charge on any atom is -0.467 e. The number of fused-ring (bicyclic) bond motifs is 3. The van der Waals surface area contributed by atoms with Crippen LogP contribution < -0.4 is 15.8 Å². The van der Waals surface area contributed by atoms with E-state index in [9.17, 15) is 0 Å². The van der Waals surface area contributed by atoms with Crippen LogP contribution in [0.1, 0.15) is 18.6 Å². The minimum atomic E-state index is 0.0534. The van der Waals surface area contributed by atoms with Crippen LogP contribution in [0.25, 0.3) is 11.9 Å². The summed E-state index contributed by atoms with van der Waals surface area (Å²) in [5.41, 5.74) is 3.40. The number of anilines is 1. The summed E-state index contributed by atoms with van der Waals surface area (Å²) >= 11 is 0. The first-order chi connectivity index (χ1) is 13.8. The van der Waals surface area contributed by atoms with Crippen LogP contribution in [0.4, 0.5) is 5.82 Å². The van der Waals surface area contributed by atoms with Gasteiger partial charge in [0.15, 0.2) is 17.7 Å². The van der Waals surface area contributed by atoms with E-state index >= 15 is 0 Å². The molecule has 1 aliphatic carbocycles. The van der Waals surface area contributed by atoms with Crippen LogP contribution in [0.3, 0.4) is 0 Å². The summed E-state index contributed by atoms with van der Waals surface area (Å²) in [5.74, 6) is 2.25. The molecular weight excluding hydrogens is 356 g/mol. The lowest BCUT2D eigenvalue weighted by Crippen LogP contribution is -2.42. The summed E-state index contributed by atoms with van der Waals surface area (Å²) in [7, 11) is 3.36. The molecule has 0 aromatic carbocycles. The van der Waals surface area contributed by atoms with Crippen molar-refractivity contribution < 1.29 is 18.6 Å². The van der Waals surface area contributed by atoms with Crippen LogP contribution >= 0.6 is 0 Å². The van der Waals surface area contributed by atoms with Crippen molar-refractivity contribution in [3.05, 3.63) is 76.0 Å². The Bertz CT molecular complexity index is 1140. The summed E-state index contributed by atoms with van der Waals surface area (Å²) in [4.78, 5) is 6.02. The SMILES string of the molecule is COC1=CC2=C(C=CCC2)C2=c3c(NCc4ccco4)nncc3=C[N+]12OC. The lowest BCUT2D eigenvalue weighted by atomic mass is 9.91. The van der Waals surface area contributed by atoms with Crippen LogP contribution in [0.5, 0.6) is 0 Å². The van der Waals surface area contributed by atoms with Crippen molar-refractivity contribution >= 4 is 17.7 Å². The number of methoxy groups -OCH3 is 1. The Labute approximate surface area is 162 Å². The second kappa shape index (κ2) is 6.47. The van der Waals surface area contributed by atoms with Gasteiger partial charge >= 0.3 is 5.88 Å². The Hall–Kier alpha value is -3.16. The third-order valence-electron chi connectivity index (χ3n) is 5.37. The molecule has 0 amide bonds. The molecule has 2 aromatic heterocycles. The fraction of sp³-hybridized carbons (Fsp3) is 0.238. The number of hydrogen-bond donors (Lipinski definition) is 1. The molecule has 5 rings (SSSR count). The number of nitrogens with zero attached hydrogens (tertiary/aromatic N) is 3. The molecule has 7 nitrogen and oxygen atoms in total. The molecule has 1 unspecified atom stereocenters.